The average molecular weight is 443 g/mol. The molecule has 1 aliphatic carbocycles. The molecule has 0 radical (unpaired) electrons. The normalized spacial score (nSPS) is 18.7. The number of anilines is 1. The number of nitrogens with two attached hydrogens (primary N) is 1. The molecule has 1 aromatic carbocycles. The third-order valence-electron chi connectivity index (χ3n) is 5.77. The lowest BCUT2D eigenvalue weighted by atomic mass is 9.83. The second kappa shape index (κ2) is 9.71. The Balaban J connectivity index is 1.52. The molecule has 3 N–H and O–H groups in total. The fraction of sp³-hybridized carbons (Fsp3) is 0.333. The maximum Gasteiger partial charge on any atom is 0.165 e. The van der Waals surface area contributed by atoms with Gasteiger partial charge in [0, 0.05) is 30.0 Å². The Bertz CT molecular complexity index is 1050. The van der Waals surface area contributed by atoms with Crippen LogP contribution in [0, 0.1) is 17.6 Å². The average Bonchev–Trinajstić information content (AvgIpc) is 2.76. The molecule has 0 amide bonds. The Morgan fingerprint density at radius 1 is 1.06 bits per heavy atom. The fourth-order valence-corrected chi connectivity index (χ4v) is 4.23. The Labute approximate surface area is 185 Å². The SMILES string of the molecule is NC1CCC(Cc2cc(-c3ccc(F)c(NCc4cccc(F)c4)n3)c(Cl)cn2)CC1. The van der Waals surface area contributed by atoms with Crippen LogP contribution in [0.3, 0.4) is 0 Å². The van der Waals surface area contributed by atoms with E-state index in [1.54, 1.807) is 24.4 Å². The molecule has 1 saturated carbocycles. The van der Waals surface area contributed by atoms with Crippen molar-refractivity contribution in [2.24, 2.45) is 11.7 Å². The lowest BCUT2D eigenvalue weighted by Gasteiger charge is -2.25. The van der Waals surface area contributed by atoms with Gasteiger partial charge in [-0.25, -0.2) is 13.8 Å². The van der Waals surface area contributed by atoms with Crippen LogP contribution in [0.25, 0.3) is 11.3 Å². The first-order chi connectivity index (χ1) is 15.0. The minimum absolute atomic E-state index is 0.0949. The monoisotopic (exact) mass is 442 g/mol. The Kier molecular flexibility index (Phi) is 6.78. The molecule has 3 aromatic rings. The highest BCUT2D eigenvalue weighted by molar-refractivity contribution is 6.33. The summed E-state index contributed by atoms with van der Waals surface area (Å²) in [5, 5.41) is 3.41. The van der Waals surface area contributed by atoms with Gasteiger partial charge in [-0.3, -0.25) is 4.98 Å². The van der Waals surface area contributed by atoms with Crippen molar-refractivity contribution < 1.29 is 8.78 Å². The highest BCUT2D eigenvalue weighted by atomic mass is 35.5. The lowest BCUT2D eigenvalue weighted by molar-refractivity contribution is 0.323. The van der Waals surface area contributed by atoms with Crippen molar-refractivity contribution in [1.29, 1.82) is 0 Å². The van der Waals surface area contributed by atoms with Crippen LogP contribution in [0.4, 0.5) is 14.6 Å². The van der Waals surface area contributed by atoms with E-state index in [1.165, 1.54) is 18.2 Å². The van der Waals surface area contributed by atoms with Gasteiger partial charge in [-0.2, -0.15) is 0 Å². The van der Waals surface area contributed by atoms with Gasteiger partial charge in [-0.15, -0.1) is 0 Å². The molecular weight excluding hydrogens is 418 g/mol. The van der Waals surface area contributed by atoms with Crippen LogP contribution < -0.4 is 11.1 Å². The Hall–Kier alpha value is -2.57. The molecule has 7 heteroatoms. The maximum absolute atomic E-state index is 14.3. The number of nitrogens with one attached hydrogen (secondary N) is 1. The van der Waals surface area contributed by atoms with Crippen LogP contribution in [0.5, 0.6) is 0 Å². The largest absolute Gasteiger partial charge is 0.364 e. The zero-order valence-electron chi connectivity index (χ0n) is 17.1. The summed E-state index contributed by atoms with van der Waals surface area (Å²) in [7, 11) is 0. The van der Waals surface area contributed by atoms with E-state index in [9.17, 15) is 8.78 Å². The molecule has 31 heavy (non-hydrogen) atoms. The molecule has 1 aliphatic rings. The van der Waals surface area contributed by atoms with Crippen LogP contribution >= 0.6 is 11.6 Å². The van der Waals surface area contributed by atoms with Gasteiger partial charge in [0.25, 0.3) is 0 Å². The highest BCUT2D eigenvalue weighted by Gasteiger charge is 2.20. The number of hydrogen-bond donors (Lipinski definition) is 2. The van der Waals surface area contributed by atoms with Gasteiger partial charge in [0.1, 0.15) is 5.82 Å². The van der Waals surface area contributed by atoms with Crippen molar-refractivity contribution in [3.8, 4) is 11.3 Å². The highest BCUT2D eigenvalue weighted by Crippen LogP contribution is 2.31. The standard InChI is InChI=1S/C24H25ClF2N4/c25-21-14-29-19(11-15-4-6-18(28)7-5-15)12-20(21)23-9-8-22(27)24(31-23)30-13-16-2-1-3-17(26)10-16/h1-3,8-10,12,14-15,18H,4-7,11,13,28H2,(H,30,31). The number of rotatable bonds is 6. The summed E-state index contributed by atoms with van der Waals surface area (Å²) in [6.07, 6.45) is 6.79. The van der Waals surface area contributed by atoms with Gasteiger partial charge < -0.3 is 11.1 Å². The van der Waals surface area contributed by atoms with Gasteiger partial charge in [0.15, 0.2) is 11.6 Å². The number of nitrogens with zero attached hydrogens (tertiary/aromatic N) is 2. The van der Waals surface area contributed by atoms with Crippen molar-refractivity contribution in [1.82, 2.24) is 9.97 Å². The summed E-state index contributed by atoms with van der Waals surface area (Å²) in [4.78, 5) is 8.92. The zero-order valence-corrected chi connectivity index (χ0v) is 17.9. The number of pyridine rings is 2. The quantitative estimate of drug-likeness (QED) is 0.510. The summed E-state index contributed by atoms with van der Waals surface area (Å²) >= 11 is 6.40. The molecule has 0 saturated heterocycles. The topological polar surface area (TPSA) is 63.8 Å². The Morgan fingerprint density at radius 2 is 1.87 bits per heavy atom. The van der Waals surface area contributed by atoms with E-state index in [2.05, 4.69) is 15.3 Å². The van der Waals surface area contributed by atoms with Gasteiger partial charge in [0.2, 0.25) is 0 Å². The summed E-state index contributed by atoms with van der Waals surface area (Å²) in [5.74, 6) is -0.162. The second-order valence-corrected chi connectivity index (χ2v) is 8.56. The van der Waals surface area contributed by atoms with Gasteiger partial charge in [-0.1, -0.05) is 23.7 Å². The molecule has 162 valence electrons. The summed E-state index contributed by atoms with van der Waals surface area (Å²) in [5.41, 5.74) is 8.92. The summed E-state index contributed by atoms with van der Waals surface area (Å²) in [6, 6.07) is 11.4. The third-order valence-corrected chi connectivity index (χ3v) is 6.07. The first kappa shape index (κ1) is 21.7. The van der Waals surface area contributed by atoms with Crippen molar-refractivity contribution in [2.75, 3.05) is 5.32 Å². The van der Waals surface area contributed by atoms with E-state index in [-0.39, 0.29) is 18.2 Å². The molecule has 2 aromatic heterocycles. The van der Waals surface area contributed by atoms with Gasteiger partial charge >= 0.3 is 0 Å². The predicted octanol–water partition coefficient (Wildman–Crippen LogP) is 5.75. The van der Waals surface area contributed by atoms with Crippen LogP contribution in [0.15, 0.2) is 48.7 Å². The molecule has 1 fully saturated rings. The Morgan fingerprint density at radius 3 is 2.65 bits per heavy atom. The molecule has 4 nitrogen and oxygen atoms in total. The fourth-order valence-electron chi connectivity index (χ4n) is 4.03. The van der Waals surface area contributed by atoms with Crippen LogP contribution in [-0.2, 0) is 13.0 Å². The number of hydrogen-bond acceptors (Lipinski definition) is 4. The molecule has 0 aliphatic heterocycles. The minimum atomic E-state index is -0.482. The molecule has 0 bridgehead atoms. The molecule has 0 spiro atoms. The van der Waals surface area contributed by atoms with Crippen molar-refractivity contribution in [2.45, 2.75) is 44.7 Å². The van der Waals surface area contributed by atoms with Crippen LogP contribution in [0.2, 0.25) is 5.02 Å². The van der Waals surface area contributed by atoms with Crippen LogP contribution in [-0.4, -0.2) is 16.0 Å². The summed E-state index contributed by atoms with van der Waals surface area (Å²) < 4.78 is 27.7. The van der Waals surface area contributed by atoms with Gasteiger partial charge in [-0.05, 0) is 73.9 Å². The third kappa shape index (κ3) is 5.57. The number of aromatic nitrogens is 2. The van der Waals surface area contributed by atoms with E-state index in [0.717, 1.165) is 37.8 Å². The van der Waals surface area contributed by atoms with Crippen LogP contribution in [0.1, 0.15) is 36.9 Å². The van der Waals surface area contributed by atoms with Crippen molar-refractivity contribution >= 4 is 17.4 Å². The molecule has 0 unspecified atom stereocenters. The first-order valence-electron chi connectivity index (χ1n) is 10.5. The van der Waals surface area contributed by atoms with E-state index >= 15 is 0 Å². The number of benzene rings is 1. The van der Waals surface area contributed by atoms with E-state index < -0.39 is 5.82 Å². The van der Waals surface area contributed by atoms with Crippen molar-refractivity contribution in [3.05, 3.63) is 76.6 Å². The zero-order chi connectivity index (χ0) is 21.8. The number of halogens is 3. The van der Waals surface area contributed by atoms with E-state index in [0.29, 0.717) is 33.8 Å². The molecular formula is C24H25ClF2N4. The smallest absolute Gasteiger partial charge is 0.165 e. The van der Waals surface area contributed by atoms with E-state index in [1.807, 2.05) is 6.07 Å². The molecule has 0 atom stereocenters. The minimum Gasteiger partial charge on any atom is -0.364 e. The van der Waals surface area contributed by atoms with Gasteiger partial charge in [0.05, 0.1) is 10.7 Å². The first-order valence-corrected chi connectivity index (χ1v) is 10.9. The van der Waals surface area contributed by atoms with E-state index in [4.69, 9.17) is 17.3 Å². The second-order valence-electron chi connectivity index (χ2n) is 8.15. The maximum atomic E-state index is 14.3. The lowest BCUT2D eigenvalue weighted by Crippen LogP contribution is -2.27. The predicted molar refractivity (Wildman–Crippen MR) is 120 cm³/mol. The summed E-state index contributed by atoms with van der Waals surface area (Å²) in [6.45, 7) is 0.254. The molecule has 4 rings (SSSR count). The molecule has 2 heterocycles. The van der Waals surface area contributed by atoms with Crippen molar-refractivity contribution in [3.63, 3.8) is 0 Å².